The van der Waals surface area contributed by atoms with E-state index >= 15 is 0 Å². The zero-order valence-electron chi connectivity index (χ0n) is 19.2. The number of carbonyl (C=O) groups is 1. The third-order valence-electron chi connectivity index (χ3n) is 6.05. The Morgan fingerprint density at radius 1 is 1.20 bits per heavy atom. The molecule has 12 heteroatoms. The number of methoxy groups -OCH3 is 1. The van der Waals surface area contributed by atoms with Gasteiger partial charge in [0, 0.05) is 42.8 Å². The molecule has 0 aliphatic carbocycles. The molecule has 0 radical (unpaired) electrons. The number of piperidine rings is 1. The van der Waals surface area contributed by atoms with Crippen LogP contribution in [0, 0.1) is 23.0 Å². The number of nitro groups is 1. The van der Waals surface area contributed by atoms with Crippen LogP contribution in [0.25, 0.3) is 11.3 Å². The average molecular weight is 500 g/mol. The highest BCUT2D eigenvalue weighted by Gasteiger charge is 2.34. The molecule has 0 unspecified atom stereocenters. The molecule has 1 aliphatic rings. The van der Waals surface area contributed by atoms with Crippen LogP contribution in [-0.2, 0) is 14.8 Å². The third kappa shape index (κ3) is 5.03. The van der Waals surface area contributed by atoms with Crippen molar-refractivity contribution in [2.45, 2.75) is 24.7 Å². The molecule has 1 saturated heterocycles. The summed E-state index contributed by atoms with van der Waals surface area (Å²) in [5.74, 6) is 0.394. The lowest BCUT2D eigenvalue weighted by molar-refractivity contribution is -0.385. The smallest absolute Gasteiger partial charge is 0.270 e. The van der Waals surface area contributed by atoms with Crippen LogP contribution in [0.3, 0.4) is 0 Å². The molecular formula is C23H25N5O6S. The molecule has 4 rings (SSSR count). The maximum atomic E-state index is 13.1. The standard InChI is InChI=1S/C23H25N5O6S/c1-15-7-8-17(28(30)31)13-21(15)35(32,33)27-11-9-16(10-12-27)23(29)24-22-14-19(25-26-22)18-5-3-4-6-20(18)34-2/h3-8,13-14,16H,9-12H2,1-2H3,(H2,24,25,26,29). The first-order valence-electron chi connectivity index (χ1n) is 11.0. The second-order valence-electron chi connectivity index (χ2n) is 8.24. The number of hydrogen-bond donors (Lipinski definition) is 2. The highest BCUT2D eigenvalue weighted by molar-refractivity contribution is 7.89. The van der Waals surface area contributed by atoms with Crippen molar-refractivity contribution in [3.05, 3.63) is 64.2 Å². The number of non-ortho nitro benzene ring substituents is 1. The zero-order chi connectivity index (χ0) is 25.2. The molecule has 0 atom stereocenters. The van der Waals surface area contributed by atoms with Crippen LogP contribution in [0.5, 0.6) is 5.75 Å². The maximum absolute atomic E-state index is 13.1. The van der Waals surface area contributed by atoms with E-state index in [1.54, 1.807) is 20.1 Å². The van der Waals surface area contributed by atoms with E-state index in [-0.39, 0.29) is 35.5 Å². The number of H-pyrrole nitrogens is 1. The van der Waals surface area contributed by atoms with Gasteiger partial charge in [-0.1, -0.05) is 18.2 Å². The van der Waals surface area contributed by atoms with Crippen LogP contribution in [0.15, 0.2) is 53.4 Å². The van der Waals surface area contributed by atoms with Crippen molar-refractivity contribution in [1.82, 2.24) is 14.5 Å². The number of amides is 1. The number of carbonyl (C=O) groups excluding carboxylic acids is 1. The molecule has 1 amide bonds. The van der Waals surface area contributed by atoms with E-state index in [0.29, 0.717) is 35.7 Å². The van der Waals surface area contributed by atoms with Crippen LogP contribution in [0.4, 0.5) is 11.5 Å². The summed E-state index contributed by atoms with van der Waals surface area (Å²) >= 11 is 0. The van der Waals surface area contributed by atoms with Crippen molar-refractivity contribution in [2.24, 2.45) is 5.92 Å². The second-order valence-corrected chi connectivity index (χ2v) is 10.1. The largest absolute Gasteiger partial charge is 0.496 e. The molecule has 184 valence electrons. The van der Waals surface area contributed by atoms with E-state index in [0.717, 1.165) is 11.6 Å². The Kier molecular flexibility index (Phi) is 6.85. The van der Waals surface area contributed by atoms with Crippen molar-refractivity contribution in [3.63, 3.8) is 0 Å². The lowest BCUT2D eigenvalue weighted by atomic mass is 9.97. The van der Waals surface area contributed by atoms with E-state index in [1.165, 1.54) is 16.4 Å². The Morgan fingerprint density at radius 2 is 1.91 bits per heavy atom. The first-order valence-corrected chi connectivity index (χ1v) is 12.4. The van der Waals surface area contributed by atoms with E-state index in [2.05, 4.69) is 15.5 Å². The van der Waals surface area contributed by atoms with Crippen molar-refractivity contribution < 1.29 is 22.9 Å². The van der Waals surface area contributed by atoms with Crippen molar-refractivity contribution in [2.75, 3.05) is 25.5 Å². The van der Waals surface area contributed by atoms with E-state index in [1.807, 2.05) is 24.3 Å². The predicted octanol–water partition coefficient (Wildman–Crippen LogP) is 3.34. The van der Waals surface area contributed by atoms with Crippen molar-refractivity contribution in [3.8, 4) is 17.0 Å². The number of nitro benzene ring substituents is 1. The van der Waals surface area contributed by atoms with Gasteiger partial charge in [0.25, 0.3) is 5.69 Å². The predicted molar refractivity (Wildman–Crippen MR) is 129 cm³/mol. The molecule has 11 nitrogen and oxygen atoms in total. The fourth-order valence-electron chi connectivity index (χ4n) is 4.10. The SMILES string of the molecule is COc1ccccc1-c1cc(NC(=O)C2CCN(S(=O)(=O)c3cc([N+](=O)[O-])ccc3C)CC2)n[nH]1. The van der Waals surface area contributed by atoms with Crippen LogP contribution in [0.2, 0.25) is 0 Å². The van der Waals surface area contributed by atoms with Gasteiger partial charge in [-0.3, -0.25) is 20.0 Å². The molecule has 2 heterocycles. The minimum absolute atomic E-state index is 0.0880. The molecule has 2 N–H and O–H groups in total. The summed E-state index contributed by atoms with van der Waals surface area (Å²) < 4.78 is 32.9. The highest BCUT2D eigenvalue weighted by atomic mass is 32.2. The zero-order valence-corrected chi connectivity index (χ0v) is 20.0. The number of ether oxygens (including phenoxy) is 1. The average Bonchev–Trinajstić information content (AvgIpc) is 3.32. The van der Waals surface area contributed by atoms with E-state index in [9.17, 15) is 23.3 Å². The van der Waals surface area contributed by atoms with Gasteiger partial charge in [0.05, 0.1) is 22.6 Å². The Labute approximate surface area is 202 Å². The minimum Gasteiger partial charge on any atom is -0.496 e. The summed E-state index contributed by atoms with van der Waals surface area (Å²) in [5, 5.41) is 20.9. The fourth-order valence-corrected chi connectivity index (χ4v) is 5.81. The van der Waals surface area contributed by atoms with Gasteiger partial charge in [-0.15, -0.1) is 0 Å². The van der Waals surface area contributed by atoms with Gasteiger partial charge in [-0.05, 0) is 37.5 Å². The molecule has 1 aliphatic heterocycles. The van der Waals surface area contributed by atoms with Crippen molar-refractivity contribution >= 4 is 27.4 Å². The minimum atomic E-state index is -3.92. The van der Waals surface area contributed by atoms with Gasteiger partial charge in [0.15, 0.2) is 5.82 Å². The summed E-state index contributed by atoms with van der Waals surface area (Å²) in [7, 11) is -2.35. The topological polar surface area (TPSA) is 148 Å². The number of rotatable bonds is 7. The van der Waals surface area contributed by atoms with Crippen LogP contribution in [0.1, 0.15) is 18.4 Å². The number of aromatic nitrogens is 2. The first kappa shape index (κ1) is 24.4. The van der Waals surface area contributed by atoms with Gasteiger partial charge in [0.1, 0.15) is 5.75 Å². The third-order valence-corrected chi connectivity index (χ3v) is 8.09. The molecular weight excluding hydrogens is 474 g/mol. The number of sulfonamides is 1. The van der Waals surface area contributed by atoms with Gasteiger partial charge >= 0.3 is 0 Å². The Hall–Kier alpha value is -3.77. The summed E-state index contributed by atoms with van der Waals surface area (Å²) in [4.78, 5) is 23.2. The molecule has 3 aromatic rings. The van der Waals surface area contributed by atoms with Crippen molar-refractivity contribution in [1.29, 1.82) is 0 Å². The lowest BCUT2D eigenvalue weighted by Crippen LogP contribution is -2.41. The number of hydrogen-bond acceptors (Lipinski definition) is 7. The number of aromatic amines is 1. The number of para-hydroxylation sites is 1. The normalized spacial score (nSPS) is 15.0. The molecule has 0 spiro atoms. The molecule has 35 heavy (non-hydrogen) atoms. The number of aryl methyl sites for hydroxylation is 1. The summed E-state index contributed by atoms with van der Waals surface area (Å²) in [6, 6.07) is 12.9. The lowest BCUT2D eigenvalue weighted by Gasteiger charge is -2.30. The molecule has 2 aromatic carbocycles. The highest BCUT2D eigenvalue weighted by Crippen LogP contribution is 2.31. The Balaban J connectivity index is 1.40. The molecule has 0 bridgehead atoms. The summed E-state index contributed by atoms with van der Waals surface area (Å²) in [6.07, 6.45) is 0.644. The number of nitrogens with one attached hydrogen (secondary N) is 2. The van der Waals surface area contributed by atoms with Crippen LogP contribution in [-0.4, -0.2) is 54.0 Å². The van der Waals surface area contributed by atoms with Gasteiger partial charge in [-0.2, -0.15) is 9.40 Å². The Bertz CT molecular complexity index is 1360. The van der Waals surface area contributed by atoms with Crippen LogP contribution < -0.4 is 10.1 Å². The first-order chi connectivity index (χ1) is 16.7. The molecule has 0 saturated carbocycles. The molecule has 1 fully saturated rings. The summed E-state index contributed by atoms with van der Waals surface area (Å²) in [5.41, 5.74) is 1.64. The monoisotopic (exact) mass is 499 g/mol. The quantitative estimate of drug-likeness (QED) is 0.374. The van der Waals surface area contributed by atoms with Gasteiger partial charge in [-0.25, -0.2) is 8.42 Å². The number of anilines is 1. The Morgan fingerprint density at radius 3 is 2.60 bits per heavy atom. The van der Waals surface area contributed by atoms with Gasteiger partial charge in [0.2, 0.25) is 15.9 Å². The second kappa shape index (κ2) is 9.84. The summed E-state index contributed by atoms with van der Waals surface area (Å²) in [6.45, 7) is 1.87. The molecule has 1 aromatic heterocycles. The van der Waals surface area contributed by atoms with Crippen LogP contribution >= 0.6 is 0 Å². The fraction of sp³-hybridized carbons (Fsp3) is 0.304. The number of benzene rings is 2. The van der Waals surface area contributed by atoms with E-state index < -0.39 is 14.9 Å². The maximum Gasteiger partial charge on any atom is 0.270 e. The van der Waals surface area contributed by atoms with Gasteiger partial charge < -0.3 is 10.1 Å². The number of nitrogens with zero attached hydrogens (tertiary/aromatic N) is 3. The van der Waals surface area contributed by atoms with E-state index in [4.69, 9.17) is 4.74 Å².